The highest BCUT2D eigenvalue weighted by Gasteiger charge is 2.16. The van der Waals surface area contributed by atoms with Gasteiger partial charge in [-0.25, -0.2) is 14.8 Å². The monoisotopic (exact) mass is 637 g/mol. The molecule has 2 aromatic heterocycles. The molecule has 0 N–H and O–H groups in total. The lowest BCUT2D eigenvalue weighted by atomic mass is 10.0. The molecule has 0 spiro atoms. The molecule has 0 aliphatic carbocycles. The van der Waals surface area contributed by atoms with E-state index in [1.54, 1.807) is 28.7 Å². The van der Waals surface area contributed by atoms with Crippen molar-refractivity contribution in [3.05, 3.63) is 157 Å². The molecule has 0 unspecified atom stereocenters. The zero-order valence-corrected chi connectivity index (χ0v) is 26.5. The maximum absolute atomic E-state index is 9.49. The summed E-state index contributed by atoms with van der Waals surface area (Å²) in [4.78, 5) is 15.5. The first kappa shape index (κ1) is 28.4. The van der Waals surface area contributed by atoms with Gasteiger partial charge in [0.2, 0.25) is 0 Å². The number of aromatic nitrogens is 2. The van der Waals surface area contributed by atoms with E-state index in [-0.39, 0.29) is 0 Å². The van der Waals surface area contributed by atoms with Crippen LogP contribution in [0.4, 0.5) is 22.7 Å². The fourth-order valence-electron chi connectivity index (χ4n) is 5.65. The molecule has 47 heavy (non-hydrogen) atoms. The van der Waals surface area contributed by atoms with Crippen LogP contribution in [-0.4, -0.2) is 9.97 Å². The lowest BCUT2D eigenvalue weighted by Crippen LogP contribution is -2.09. The molecule has 8 aromatic rings. The van der Waals surface area contributed by atoms with E-state index in [0.29, 0.717) is 11.3 Å². The Morgan fingerprint density at radius 2 is 1.02 bits per heavy atom. The minimum Gasteiger partial charge on any atom is -0.311 e. The van der Waals surface area contributed by atoms with Crippen molar-refractivity contribution < 1.29 is 0 Å². The first-order valence-corrected chi connectivity index (χ1v) is 16.5. The molecule has 8 rings (SSSR count). The average molecular weight is 638 g/mol. The van der Waals surface area contributed by atoms with E-state index >= 15 is 0 Å². The first-order chi connectivity index (χ1) is 23.1. The molecule has 0 aliphatic heterocycles. The second-order valence-electron chi connectivity index (χ2n) is 10.9. The Bertz CT molecular complexity index is 2260. The summed E-state index contributed by atoms with van der Waals surface area (Å²) in [6.07, 6.45) is 0. The highest BCUT2D eigenvalue weighted by atomic mass is 32.1. The number of fused-ring (bicyclic) bond motifs is 2. The van der Waals surface area contributed by atoms with E-state index in [4.69, 9.17) is 16.5 Å². The molecule has 0 saturated heterocycles. The second kappa shape index (κ2) is 12.0. The average Bonchev–Trinajstić information content (AvgIpc) is 3.77. The van der Waals surface area contributed by atoms with Gasteiger partial charge < -0.3 is 4.90 Å². The number of nitriles is 1. The predicted molar refractivity (Wildman–Crippen MR) is 195 cm³/mol. The third kappa shape index (κ3) is 5.51. The van der Waals surface area contributed by atoms with Crippen LogP contribution in [0.5, 0.6) is 0 Å². The van der Waals surface area contributed by atoms with Gasteiger partial charge in [-0.15, -0.1) is 22.7 Å². The highest BCUT2D eigenvalue weighted by molar-refractivity contribution is 7.22. The van der Waals surface area contributed by atoms with E-state index in [1.807, 2.05) is 60.7 Å². The van der Waals surface area contributed by atoms with Crippen molar-refractivity contribution in [3.8, 4) is 38.3 Å². The zero-order chi connectivity index (χ0) is 31.7. The molecule has 0 amide bonds. The molecule has 0 bridgehead atoms. The Kier molecular flexibility index (Phi) is 7.24. The second-order valence-corrected chi connectivity index (χ2v) is 13.0. The van der Waals surface area contributed by atoms with Crippen molar-refractivity contribution in [3.63, 3.8) is 0 Å². The summed E-state index contributed by atoms with van der Waals surface area (Å²) in [7, 11) is 0. The molecule has 0 fully saturated rings. The molecule has 2 heterocycles. The van der Waals surface area contributed by atoms with Crippen LogP contribution < -0.4 is 4.90 Å². The van der Waals surface area contributed by atoms with Gasteiger partial charge in [-0.2, -0.15) is 5.26 Å². The van der Waals surface area contributed by atoms with E-state index < -0.39 is 0 Å². The topological polar surface area (TPSA) is 57.2 Å². The van der Waals surface area contributed by atoms with Gasteiger partial charge in [-0.05, 0) is 114 Å². The van der Waals surface area contributed by atoms with Gasteiger partial charge in [-0.3, -0.25) is 0 Å². The van der Waals surface area contributed by atoms with Crippen molar-refractivity contribution in [2.45, 2.75) is 0 Å². The summed E-state index contributed by atoms with van der Waals surface area (Å²) >= 11 is 3.39. The number of hydrogen-bond acceptors (Lipinski definition) is 6. The van der Waals surface area contributed by atoms with Gasteiger partial charge >= 0.3 is 0 Å². The van der Waals surface area contributed by atoms with Crippen molar-refractivity contribution in [1.82, 2.24) is 9.97 Å². The van der Waals surface area contributed by atoms with Crippen molar-refractivity contribution >= 4 is 65.9 Å². The largest absolute Gasteiger partial charge is 0.311 e. The number of rotatable bonds is 6. The Hall–Kier alpha value is -6.12. The third-order valence-corrected chi connectivity index (χ3v) is 10.1. The fraction of sp³-hybridized carbons (Fsp3) is 0. The highest BCUT2D eigenvalue weighted by Crippen LogP contribution is 2.39. The molecule has 6 aromatic carbocycles. The van der Waals surface area contributed by atoms with Crippen LogP contribution >= 0.6 is 22.7 Å². The normalized spacial score (nSPS) is 10.9. The van der Waals surface area contributed by atoms with E-state index in [2.05, 4.69) is 88.6 Å². The molecule has 0 radical (unpaired) electrons. The van der Waals surface area contributed by atoms with Crippen molar-refractivity contribution in [2.24, 2.45) is 0 Å². The first-order valence-electron chi connectivity index (χ1n) is 14.9. The van der Waals surface area contributed by atoms with Gasteiger partial charge in [0.25, 0.3) is 0 Å². The minimum absolute atomic E-state index is 0.450. The van der Waals surface area contributed by atoms with Crippen LogP contribution in [0.25, 0.3) is 57.5 Å². The van der Waals surface area contributed by atoms with Gasteiger partial charge in [0.05, 0.1) is 33.1 Å². The molecule has 7 heteroatoms. The van der Waals surface area contributed by atoms with Gasteiger partial charge in [0.15, 0.2) is 5.69 Å². The van der Waals surface area contributed by atoms with Crippen LogP contribution in [0.2, 0.25) is 0 Å². The summed E-state index contributed by atoms with van der Waals surface area (Å²) in [5, 5.41) is 11.5. The van der Waals surface area contributed by atoms with Crippen LogP contribution in [0.1, 0.15) is 5.56 Å². The number of para-hydroxylation sites is 2. The molecule has 220 valence electrons. The standard InChI is InChI=1S/C40H23N5S2/c1-42-31-23-26(25-41)22-30(24-31)27-10-16-32(17-11-27)45(33-18-12-28(13-19-33)39-43-35-6-2-4-8-37(35)46-39)34-20-14-29(15-21-34)40-44-36-7-3-5-9-38(36)47-40/h2-24H. The summed E-state index contributed by atoms with van der Waals surface area (Å²) in [6, 6.07) is 49.1. The maximum Gasteiger partial charge on any atom is 0.189 e. The Labute approximate surface area is 279 Å². The van der Waals surface area contributed by atoms with Crippen molar-refractivity contribution in [2.75, 3.05) is 4.90 Å². The molecule has 0 aliphatic rings. The van der Waals surface area contributed by atoms with Crippen LogP contribution in [-0.2, 0) is 0 Å². The summed E-state index contributed by atoms with van der Waals surface area (Å²) < 4.78 is 2.34. The summed E-state index contributed by atoms with van der Waals surface area (Å²) in [5.74, 6) is 0. The molecule has 0 saturated carbocycles. The minimum atomic E-state index is 0.450. The van der Waals surface area contributed by atoms with Crippen molar-refractivity contribution in [1.29, 1.82) is 5.26 Å². The van der Waals surface area contributed by atoms with Gasteiger partial charge in [0.1, 0.15) is 10.0 Å². The number of thiazole rings is 2. The quantitative estimate of drug-likeness (QED) is 0.170. The van der Waals surface area contributed by atoms with Gasteiger partial charge in [-0.1, -0.05) is 36.4 Å². The van der Waals surface area contributed by atoms with Crippen LogP contribution in [0.3, 0.4) is 0 Å². The molecular weight excluding hydrogens is 615 g/mol. The SMILES string of the molecule is [C-]#[N+]c1cc(C#N)cc(-c2ccc(N(c3ccc(-c4nc5ccccc5s4)cc3)c3ccc(-c4nc5ccccc5s4)cc3)cc2)c1. The number of hydrogen-bond donors (Lipinski definition) is 0. The van der Waals surface area contributed by atoms with E-state index in [9.17, 15) is 5.26 Å². The summed E-state index contributed by atoms with van der Waals surface area (Å²) in [6.45, 7) is 7.45. The van der Waals surface area contributed by atoms with Crippen LogP contribution in [0, 0.1) is 17.9 Å². The van der Waals surface area contributed by atoms with Gasteiger partial charge in [0, 0.05) is 33.8 Å². The van der Waals surface area contributed by atoms with E-state index in [1.165, 1.54) is 9.40 Å². The number of anilines is 3. The Morgan fingerprint density at radius 3 is 1.47 bits per heavy atom. The smallest absolute Gasteiger partial charge is 0.189 e. The lowest BCUT2D eigenvalue weighted by molar-refractivity contribution is 1.28. The molecule has 0 atom stereocenters. The third-order valence-electron chi connectivity index (χ3n) is 7.97. The zero-order valence-electron chi connectivity index (χ0n) is 24.8. The van der Waals surface area contributed by atoms with Crippen LogP contribution in [0.15, 0.2) is 140 Å². The summed E-state index contributed by atoms with van der Waals surface area (Å²) in [5.41, 5.74) is 9.87. The fourth-order valence-corrected chi connectivity index (χ4v) is 7.60. The Morgan fingerprint density at radius 1 is 0.553 bits per heavy atom. The number of nitrogens with zero attached hydrogens (tertiary/aromatic N) is 5. The predicted octanol–water partition coefficient (Wildman–Crippen LogP) is 11.8. The molecule has 5 nitrogen and oxygen atoms in total. The maximum atomic E-state index is 9.49. The number of benzene rings is 6. The lowest BCUT2D eigenvalue weighted by Gasteiger charge is -2.26. The van der Waals surface area contributed by atoms with E-state index in [0.717, 1.165) is 60.4 Å². The molecular formula is C40H23N5S2. The Balaban J connectivity index is 1.17.